The molecule has 6 nitrogen and oxygen atoms in total. The van der Waals surface area contributed by atoms with Gasteiger partial charge in [0.1, 0.15) is 17.4 Å². The van der Waals surface area contributed by atoms with Gasteiger partial charge in [-0.15, -0.1) is 5.10 Å². The Labute approximate surface area is 169 Å². The van der Waals surface area contributed by atoms with Crippen LogP contribution in [0.1, 0.15) is 36.5 Å². The zero-order chi connectivity index (χ0) is 20.5. The molecule has 1 aliphatic heterocycles. The van der Waals surface area contributed by atoms with Crippen molar-refractivity contribution in [1.29, 1.82) is 5.26 Å². The van der Waals surface area contributed by atoms with E-state index in [1.54, 1.807) is 0 Å². The average molecular weight is 386 g/mol. The highest BCUT2D eigenvalue weighted by Gasteiger charge is 2.36. The van der Waals surface area contributed by atoms with Crippen LogP contribution in [0.4, 0.5) is 0 Å². The van der Waals surface area contributed by atoms with Crippen molar-refractivity contribution in [2.24, 2.45) is 5.73 Å². The summed E-state index contributed by atoms with van der Waals surface area (Å²) in [6, 6.07) is 18.0. The lowest BCUT2D eigenvalue weighted by Gasteiger charge is -2.25. The summed E-state index contributed by atoms with van der Waals surface area (Å²) >= 11 is 0. The van der Waals surface area contributed by atoms with E-state index in [0.717, 1.165) is 33.7 Å². The molecule has 0 radical (unpaired) electrons. The third-order valence-electron chi connectivity index (χ3n) is 4.95. The summed E-state index contributed by atoms with van der Waals surface area (Å²) in [5, 5.41) is 17.2. The number of hydrogen-bond acceptors (Lipinski definition) is 5. The Hall–Kier alpha value is -3.72. The Kier molecular flexibility index (Phi) is 4.73. The SMILES string of the molecule is Cc1ccccc1[C@H]1C(C#N)=C(N)Oc2n[nH]c(-c3ccc(OC(C)C)cc3)c21. The van der Waals surface area contributed by atoms with Crippen LogP contribution >= 0.6 is 0 Å². The van der Waals surface area contributed by atoms with E-state index < -0.39 is 0 Å². The second kappa shape index (κ2) is 7.36. The molecule has 1 aromatic heterocycles. The summed E-state index contributed by atoms with van der Waals surface area (Å²) in [4.78, 5) is 0. The molecule has 2 aromatic carbocycles. The van der Waals surface area contributed by atoms with Crippen LogP contribution < -0.4 is 15.2 Å². The standard InChI is InChI=1S/C23H22N4O2/c1-13(2)28-16-10-8-15(9-11-16)21-20-19(17-7-5-4-6-14(17)3)18(12-24)22(25)29-23(20)27-26-21/h4-11,13,19H,25H2,1-3H3,(H,26,27)/t19-/m0/s1. The maximum atomic E-state index is 9.81. The first kappa shape index (κ1) is 18.6. The minimum Gasteiger partial charge on any atom is -0.491 e. The van der Waals surface area contributed by atoms with Gasteiger partial charge in [-0.1, -0.05) is 24.3 Å². The van der Waals surface area contributed by atoms with Gasteiger partial charge in [0.05, 0.1) is 23.3 Å². The number of aryl methyl sites for hydroxylation is 1. The van der Waals surface area contributed by atoms with Crippen molar-refractivity contribution in [2.45, 2.75) is 32.8 Å². The number of benzene rings is 2. The van der Waals surface area contributed by atoms with Gasteiger partial charge in [-0.05, 0) is 56.2 Å². The zero-order valence-electron chi connectivity index (χ0n) is 16.6. The summed E-state index contributed by atoms with van der Waals surface area (Å²) in [5.41, 5.74) is 11.0. The number of rotatable bonds is 4. The predicted octanol–water partition coefficient (Wildman–Crippen LogP) is 4.39. The average Bonchev–Trinajstić information content (AvgIpc) is 3.11. The quantitative estimate of drug-likeness (QED) is 0.693. The first-order valence-corrected chi connectivity index (χ1v) is 9.48. The number of allylic oxidation sites excluding steroid dienone is 1. The highest BCUT2D eigenvalue weighted by molar-refractivity contribution is 5.71. The van der Waals surface area contributed by atoms with Crippen LogP contribution in [-0.2, 0) is 0 Å². The highest BCUT2D eigenvalue weighted by Crippen LogP contribution is 2.46. The molecule has 0 bridgehead atoms. The summed E-state index contributed by atoms with van der Waals surface area (Å²) in [7, 11) is 0. The molecule has 0 unspecified atom stereocenters. The van der Waals surface area contributed by atoms with Gasteiger partial charge in [0, 0.05) is 5.56 Å². The predicted molar refractivity (Wildman–Crippen MR) is 110 cm³/mol. The molecule has 0 saturated heterocycles. The Morgan fingerprint density at radius 1 is 1.17 bits per heavy atom. The van der Waals surface area contributed by atoms with E-state index in [0.29, 0.717) is 11.5 Å². The normalized spacial score (nSPS) is 15.6. The number of H-pyrrole nitrogens is 1. The van der Waals surface area contributed by atoms with Gasteiger partial charge in [0.2, 0.25) is 11.8 Å². The van der Waals surface area contributed by atoms with E-state index in [9.17, 15) is 5.26 Å². The molecule has 146 valence electrons. The van der Waals surface area contributed by atoms with Crippen molar-refractivity contribution in [2.75, 3.05) is 0 Å². The molecule has 0 fully saturated rings. The second-order valence-electron chi connectivity index (χ2n) is 7.29. The fourth-order valence-electron chi connectivity index (χ4n) is 3.66. The largest absolute Gasteiger partial charge is 0.491 e. The van der Waals surface area contributed by atoms with E-state index in [1.807, 2.05) is 69.3 Å². The zero-order valence-corrected chi connectivity index (χ0v) is 16.6. The monoisotopic (exact) mass is 386 g/mol. The molecular formula is C23H22N4O2. The number of nitriles is 1. The van der Waals surface area contributed by atoms with Crippen LogP contribution in [0.15, 0.2) is 60.0 Å². The van der Waals surface area contributed by atoms with Crippen LogP contribution in [-0.4, -0.2) is 16.3 Å². The van der Waals surface area contributed by atoms with E-state index >= 15 is 0 Å². The molecule has 0 amide bonds. The summed E-state index contributed by atoms with van der Waals surface area (Å²) < 4.78 is 11.4. The number of nitrogens with zero attached hydrogens (tertiary/aromatic N) is 2. The summed E-state index contributed by atoms with van der Waals surface area (Å²) in [6.07, 6.45) is 0.103. The fraction of sp³-hybridized carbons (Fsp3) is 0.217. The van der Waals surface area contributed by atoms with Crippen molar-refractivity contribution in [3.63, 3.8) is 0 Å². The molecule has 3 aromatic rings. The lowest BCUT2D eigenvalue weighted by atomic mass is 9.81. The number of aromatic amines is 1. The third kappa shape index (κ3) is 3.32. The summed E-state index contributed by atoms with van der Waals surface area (Å²) in [5.74, 6) is 0.926. The molecule has 1 aliphatic rings. The number of nitrogens with two attached hydrogens (primary N) is 1. The molecule has 29 heavy (non-hydrogen) atoms. The molecule has 0 saturated carbocycles. The van der Waals surface area contributed by atoms with Crippen LogP contribution in [0, 0.1) is 18.3 Å². The number of fused-ring (bicyclic) bond motifs is 1. The minimum atomic E-state index is -0.356. The Balaban J connectivity index is 1.85. The first-order valence-electron chi connectivity index (χ1n) is 9.48. The molecule has 3 N–H and O–H groups in total. The lowest BCUT2D eigenvalue weighted by molar-refractivity contribution is 0.242. The lowest BCUT2D eigenvalue weighted by Crippen LogP contribution is -2.21. The van der Waals surface area contributed by atoms with Crippen molar-refractivity contribution in [3.8, 4) is 29.0 Å². The number of nitrogens with one attached hydrogen (secondary N) is 1. The molecular weight excluding hydrogens is 364 g/mol. The van der Waals surface area contributed by atoms with Crippen LogP contribution in [0.2, 0.25) is 0 Å². The number of aromatic nitrogens is 2. The fourth-order valence-corrected chi connectivity index (χ4v) is 3.66. The van der Waals surface area contributed by atoms with E-state index in [-0.39, 0.29) is 17.9 Å². The molecule has 4 rings (SSSR count). The maximum absolute atomic E-state index is 9.81. The third-order valence-corrected chi connectivity index (χ3v) is 4.95. The van der Waals surface area contributed by atoms with E-state index in [4.69, 9.17) is 15.2 Å². The maximum Gasteiger partial charge on any atom is 0.244 e. The van der Waals surface area contributed by atoms with Crippen LogP contribution in [0.5, 0.6) is 11.6 Å². The van der Waals surface area contributed by atoms with Crippen molar-refractivity contribution >= 4 is 0 Å². The molecule has 1 atom stereocenters. The van der Waals surface area contributed by atoms with Gasteiger partial charge in [-0.2, -0.15) is 5.26 Å². The number of hydrogen-bond donors (Lipinski definition) is 2. The Morgan fingerprint density at radius 2 is 1.90 bits per heavy atom. The topological polar surface area (TPSA) is 97.0 Å². The van der Waals surface area contributed by atoms with Gasteiger partial charge in [-0.3, -0.25) is 5.10 Å². The highest BCUT2D eigenvalue weighted by atomic mass is 16.5. The van der Waals surface area contributed by atoms with Gasteiger partial charge < -0.3 is 15.2 Å². The van der Waals surface area contributed by atoms with Crippen molar-refractivity contribution < 1.29 is 9.47 Å². The molecule has 6 heteroatoms. The van der Waals surface area contributed by atoms with Crippen molar-refractivity contribution in [1.82, 2.24) is 10.2 Å². The van der Waals surface area contributed by atoms with Gasteiger partial charge in [0.25, 0.3) is 0 Å². The summed E-state index contributed by atoms with van der Waals surface area (Å²) in [6.45, 7) is 6.00. The molecule has 2 heterocycles. The van der Waals surface area contributed by atoms with Crippen LogP contribution in [0.3, 0.4) is 0 Å². The van der Waals surface area contributed by atoms with Crippen molar-refractivity contribution in [3.05, 3.63) is 76.7 Å². The van der Waals surface area contributed by atoms with Gasteiger partial charge >= 0.3 is 0 Å². The smallest absolute Gasteiger partial charge is 0.244 e. The van der Waals surface area contributed by atoms with Gasteiger partial charge in [-0.25, -0.2) is 0 Å². The Bertz CT molecular complexity index is 1120. The van der Waals surface area contributed by atoms with E-state index in [1.165, 1.54) is 0 Å². The molecule has 0 spiro atoms. The number of ether oxygens (including phenoxy) is 2. The Morgan fingerprint density at radius 3 is 2.55 bits per heavy atom. The molecule has 0 aliphatic carbocycles. The minimum absolute atomic E-state index is 0.0898. The van der Waals surface area contributed by atoms with Crippen LogP contribution in [0.25, 0.3) is 11.3 Å². The van der Waals surface area contributed by atoms with E-state index in [2.05, 4.69) is 16.3 Å². The van der Waals surface area contributed by atoms with Gasteiger partial charge in [0.15, 0.2) is 0 Å². The first-order chi connectivity index (χ1) is 14.0. The second-order valence-corrected chi connectivity index (χ2v) is 7.29.